The first kappa shape index (κ1) is 13.6. The van der Waals surface area contributed by atoms with Crippen LogP contribution < -0.4 is 0 Å². The summed E-state index contributed by atoms with van der Waals surface area (Å²) in [6, 6.07) is 9.91. The minimum atomic E-state index is 0.345. The fourth-order valence-electron chi connectivity index (χ4n) is 2.62. The van der Waals surface area contributed by atoms with E-state index in [-0.39, 0.29) is 0 Å². The molecule has 0 spiro atoms. The van der Waals surface area contributed by atoms with Gasteiger partial charge >= 0.3 is 0 Å². The quantitative estimate of drug-likeness (QED) is 0.669. The summed E-state index contributed by atoms with van der Waals surface area (Å²) in [4.78, 5) is 2.36. The molecule has 0 aliphatic carbocycles. The summed E-state index contributed by atoms with van der Waals surface area (Å²) in [5.74, 6) is 0.345. The van der Waals surface area contributed by atoms with Gasteiger partial charge in [-0.3, -0.25) is 4.90 Å². The van der Waals surface area contributed by atoms with E-state index >= 15 is 0 Å². The Labute approximate surface area is 114 Å². The molecule has 4 nitrogen and oxygen atoms in total. The zero-order valence-electron chi connectivity index (χ0n) is 11.2. The summed E-state index contributed by atoms with van der Waals surface area (Å²) in [7, 11) is 0. The van der Waals surface area contributed by atoms with E-state index in [2.05, 4.69) is 29.1 Å². The maximum Gasteiger partial charge on any atom is 0.0991 e. The average Bonchev–Trinajstić information content (AvgIpc) is 2.47. The molecule has 4 heteroatoms. The molecular formula is C15H19N3O. The van der Waals surface area contributed by atoms with E-state index in [1.54, 1.807) is 0 Å². The Balaban J connectivity index is 2.02. The standard InChI is InChI=1S/C15H19N3O/c1-2-14-11-18(7-6-15(14)17-19)10-13-5-3-4-12(8-13)9-16/h3-5,8,14,19H,2,6-7,10-11H2,1H3/b17-15+. The smallest absolute Gasteiger partial charge is 0.0991 e. The Hall–Kier alpha value is -1.86. The number of piperidine rings is 1. The first-order valence-electron chi connectivity index (χ1n) is 6.69. The predicted octanol–water partition coefficient (Wildman–Crippen LogP) is 2.62. The molecule has 0 radical (unpaired) electrons. The van der Waals surface area contributed by atoms with E-state index < -0.39 is 0 Å². The molecule has 0 amide bonds. The predicted molar refractivity (Wildman–Crippen MR) is 74.1 cm³/mol. The van der Waals surface area contributed by atoms with Crippen LogP contribution in [0.15, 0.2) is 29.4 Å². The molecule has 0 saturated carbocycles. The molecular weight excluding hydrogens is 238 g/mol. The summed E-state index contributed by atoms with van der Waals surface area (Å²) < 4.78 is 0. The molecule has 0 bridgehead atoms. The van der Waals surface area contributed by atoms with Gasteiger partial charge in [0.2, 0.25) is 0 Å². The summed E-state index contributed by atoms with van der Waals surface area (Å²) in [6.07, 6.45) is 1.82. The molecule has 2 rings (SSSR count). The van der Waals surface area contributed by atoms with Crippen LogP contribution in [0, 0.1) is 17.2 Å². The molecule has 1 aliphatic heterocycles. The number of hydrogen-bond acceptors (Lipinski definition) is 4. The van der Waals surface area contributed by atoms with E-state index in [1.807, 2.05) is 18.2 Å². The third-order valence-corrected chi connectivity index (χ3v) is 3.72. The van der Waals surface area contributed by atoms with Crippen molar-refractivity contribution in [2.24, 2.45) is 11.1 Å². The molecule has 1 atom stereocenters. The first-order valence-corrected chi connectivity index (χ1v) is 6.69. The largest absolute Gasteiger partial charge is 0.411 e. The average molecular weight is 257 g/mol. The van der Waals surface area contributed by atoms with E-state index in [0.29, 0.717) is 11.5 Å². The number of benzene rings is 1. The van der Waals surface area contributed by atoms with Crippen LogP contribution in [0.5, 0.6) is 0 Å². The van der Waals surface area contributed by atoms with Gasteiger partial charge < -0.3 is 5.21 Å². The van der Waals surface area contributed by atoms with Gasteiger partial charge in [0.05, 0.1) is 17.3 Å². The molecule has 1 saturated heterocycles. The third-order valence-electron chi connectivity index (χ3n) is 3.72. The van der Waals surface area contributed by atoms with Crippen LogP contribution >= 0.6 is 0 Å². The van der Waals surface area contributed by atoms with Crippen molar-refractivity contribution >= 4 is 5.71 Å². The highest BCUT2D eigenvalue weighted by Gasteiger charge is 2.24. The van der Waals surface area contributed by atoms with Crippen molar-refractivity contribution in [3.8, 4) is 6.07 Å². The van der Waals surface area contributed by atoms with Gasteiger partial charge in [0.15, 0.2) is 0 Å². The van der Waals surface area contributed by atoms with Crippen molar-refractivity contribution in [1.29, 1.82) is 5.26 Å². The number of hydrogen-bond donors (Lipinski definition) is 1. The molecule has 1 N–H and O–H groups in total. The second kappa shape index (κ2) is 6.35. The Bertz CT molecular complexity index is 504. The van der Waals surface area contributed by atoms with Gasteiger partial charge in [-0.1, -0.05) is 24.2 Å². The number of rotatable bonds is 3. The minimum absolute atomic E-state index is 0.345. The maximum atomic E-state index is 8.97. The zero-order chi connectivity index (χ0) is 13.7. The van der Waals surface area contributed by atoms with Crippen molar-refractivity contribution in [2.75, 3.05) is 13.1 Å². The van der Waals surface area contributed by atoms with Crippen LogP contribution in [0.4, 0.5) is 0 Å². The van der Waals surface area contributed by atoms with Gasteiger partial charge in [0.1, 0.15) is 0 Å². The van der Waals surface area contributed by atoms with E-state index in [0.717, 1.165) is 38.2 Å². The monoisotopic (exact) mass is 257 g/mol. The van der Waals surface area contributed by atoms with Gasteiger partial charge in [0.25, 0.3) is 0 Å². The lowest BCUT2D eigenvalue weighted by molar-refractivity contribution is 0.220. The second-order valence-electron chi connectivity index (χ2n) is 4.99. The van der Waals surface area contributed by atoms with Crippen LogP contribution in [0.2, 0.25) is 0 Å². The van der Waals surface area contributed by atoms with Crippen LogP contribution in [0.25, 0.3) is 0 Å². The molecule has 1 heterocycles. The summed E-state index contributed by atoms with van der Waals surface area (Å²) in [5.41, 5.74) is 2.79. The van der Waals surface area contributed by atoms with Gasteiger partial charge in [-0.15, -0.1) is 0 Å². The molecule has 1 aromatic rings. The summed E-state index contributed by atoms with van der Waals surface area (Å²) in [5, 5.41) is 21.3. The molecule has 100 valence electrons. The molecule has 1 fully saturated rings. The number of nitriles is 1. The molecule has 1 unspecified atom stereocenters. The summed E-state index contributed by atoms with van der Waals surface area (Å²) >= 11 is 0. The van der Waals surface area contributed by atoms with Crippen molar-refractivity contribution in [3.05, 3.63) is 35.4 Å². The van der Waals surface area contributed by atoms with Crippen LogP contribution in [-0.2, 0) is 6.54 Å². The van der Waals surface area contributed by atoms with Crippen molar-refractivity contribution in [1.82, 2.24) is 4.90 Å². The second-order valence-corrected chi connectivity index (χ2v) is 4.99. The summed E-state index contributed by atoms with van der Waals surface area (Å²) in [6.45, 7) is 4.81. The van der Waals surface area contributed by atoms with Crippen molar-refractivity contribution in [3.63, 3.8) is 0 Å². The maximum absolute atomic E-state index is 8.97. The third kappa shape index (κ3) is 3.33. The topological polar surface area (TPSA) is 59.6 Å². The lowest BCUT2D eigenvalue weighted by atomic mass is 9.93. The zero-order valence-corrected chi connectivity index (χ0v) is 11.2. The molecule has 19 heavy (non-hydrogen) atoms. The molecule has 0 aromatic heterocycles. The van der Waals surface area contributed by atoms with Gasteiger partial charge in [-0.2, -0.15) is 5.26 Å². The normalized spacial score (nSPS) is 22.3. The van der Waals surface area contributed by atoms with E-state index in [4.69, 9.17) is 10.5 Å². The Morgan fingerprint density at radius 1 is 1.53 bits per heavy atom. The fraction of sp³-hybridized carbons (Fsp3) is 0.467. The van der Waals surface area contributed by atoms with E-state index in [9.17, 15) is 0 Å². The highest BCUT2D eigenvalue weighted by atomic mass is 16.4. The SMILES string of the molecule is CCC1CN(Cc2cccc(C#N)c2)CC/C1=N\O. The minimum Gasteiger partial charge on any atom is -0.411 e. The molecule has 1 aromatic carbocycles. The van der Waals surface area contributed by atoms with Gasteiger partial charge in [-0.05, 0) is 24.1 Å². The number of likely N-dealkylation sites (tertiary alicyclic amines) is 1. The van der Waals surface area contributed by atoms with E-state index in [1.165, 1.54) is 5.56 Å². The highest BCUT2D eigenvalue weighted by Crippen LogP contribution is 2.19. The Kier molecular flexibility index (Phi) is 4.53. The highest BCUT2D eigenvalue weighted by molar-refractivity contribution is 5.87. The Morgan fingerprint density at radius 3 is 3.05 bits per heavy atom. The first-order chi connectivity index (χ1) is 9.26. The van der Waals surface area contributed by atoms with Crippen molar-refractivity contribution < 1.29 is 5.21 Å². The lowest BCUT2D eigenvalue weighted by Crippen LogP contribution is -2.40. The Morgan fingerprint density at radius 2 is 2.37 bits per heavy atom. The van der Waals surface area contributed by atoms with Crippen molar-refractivity contribution in [2.45, 2.75) is 26.3 Å². The lowest BCUT2D eigenvalue weighted by Gasteiger charge is -2.32. The van der Waals surface area contributed by atoms with Crippen LogP contribution in [0.1, 0.15) is 30.9 Å². The van der Waals surface area contributed by atoms with Gasteiger partial charge in [-0.25, -0.2) is 0 Å². The number of oxime groups is 1. The van der Waals surface area contributed by atoms with Gasteiger partial charge in [0, 0.05) is 32.0 Å². The molecule has 1 aliphatic rings. The fourth-order valence-corrected chi connectivity index (χ4v) is 2.62. The van der Waals surface area contributed by atoms with Crippen LogP contribution in [-0.4, -0.2) is 28.9 Å². The number of nitrogens with zero attached hydrogens (tertiary/aromatic N) is 3. The van der Waals surface area contributed by atoms with Crippen LogP contribution in [0.3, 0.4) is 0 Å².